The van der Waals surface area contributed by atoms with Gasteiger partial charge in [-0.05, 0) is 31.0 Å². The molecule has 0 spiro atoms. The maximum Gasteiger partial charge on any atom is 0.241 e. The van der Waals surface area contributed by atoms with Gasteiger partial charge >= 0.3 is 0 Å². The highest BCUT2D eigenvalue weighted by molar-refractivity contribution is 5.85. The molecule has 0 aliphatic carbocycles. The van der Waals surface area contributed by atoms with E-state index in [2.05, 4.69) is 10.3 Å². The topological polar surface area (TPSA) is 68.0 Å². The predicted octanol–water partition coefficient (Wildman–Crippen LogP) is 2.69. The number of aryl methyl sites for hydroxylation is 1. The van der Waals surface area contributed by atoms with Gasteiger partial charge in [-0.1, -0.05) is 35.9 Å². The summed E-state index contributed by atoms with van der Waals surface area (Å²) in [6.07, 6.45) is 3.44. The van der Waals surface area contributed by atoms with E-state index in [1.165, 1.54) is 0 Å². The fourth-order valence-corrected chi connectivity index (χ4v) is 1.94. The highest BCUT2D eigenvalue weighted by atomic mass is 35.5. The summed E-state index contributed by atoms with van der Waals surface area (Å²) in [6, 6.07) is 10.7. The summed E-state index contributed by atoms with van der Waals surface area (Å²) in [5, 5.41) is 2.91. The van der Waals surface area contributed by atoms with Crippen LogP contribution in [0, 0.1) is 6.92 Å². The quantitative estimate of drug-likeness (QED) is 0.912. The van der Waals surface area contributed by atoms with Crippen LogP contribution in [0.4, 0.5) is 0 Å². The zero-order valence-electron chi connectivity index (χ0n) is 12.1. The SMILES string of the molecule is Cc1ccc(C(N)C(=O)NC(C)c2cccnc2)cc1.Cl. The van der Waals surface area contributed by atoms with Gasteiger partial charge in [0.2, 0.25) is 5.91 Å². The van der Waals surface area contributed by atoms with Crippen LogP contribution in [-0.4, -0.2) is 10.9 Å². The molecule has 1 aromatic carbocycles. The zero-order valence-corrected chi connectivity index (χ0v) is 12.9. The summed E-state index contributed by atoms with van der Waals surface area (Å²) in [6.45, 7) is 3.91. The first kappa shape index (κ1) is 17.1. The van der Waals surface area contributed by atoms with Crippen LogP contribution in [0.5, 0.6) is 0 Å². The second kappa shape index (κ2) is 7.76. The second-order valence-electron chi connectivity index (χ2n) is 4.90. The van der Waals surface area contributed by atoms with Gasteiger partial charge in [-0.25, -0.2) is 0 Å². The van der Waals surface area contributed by atoms with Crippen molar-refractivity contribution in [3.05, 3.63) is 65.5 Å². The average Bonchev–Trinajstić information content (AvgIpc) is 2.48. The Hall–Kier alpha value is -1.91. The van der Waals surface area contributed by atoms with Crippen molar-refractivity contribution in [3.63, 3.8) is 0 Å². The molecule has 0 saturated heterocycles. The van der Waals surface area contributed by atoms with Gasteiger partial charge in [0.15, 0.2) is 0 Å². The molecule has 0 radical (unpaired) electrons. The lowest BCUT2D eigenvalue weighted by atomic mass is 10.0. The average molecular weight is 306 g/mol. The second-order valence-corrected chi connectivity index (χ2v) is 4.90. The first-order valence-electron chi connectivity index (χ1n) is 6.60. The van der Waals surface area contributed by atoms with Crippen LogP contribution in [0.2, 0.25) is 0 Å². The third kappa shape index (κ3) is 4.55. The van der Waals surface area contributed by atoms with E-state index in [0.29, 0.717) is 0 Å². The maximum absolute atomic E-state index is 12.2. The molecule has 5 heteroatoms. The minimum atomic E-state index is -0.658. The molecule has 112 valence electrons. The number of hydrogen-bond acceptors (Lipinski definition) is 3. The number of nitrogens with one attached hydrogen (secondary N) is 1. The number of pyridine rings is 1. The molecule has 1 heterocycles. The van der Waals surface area contributed by atoms with Crippen LogP contribution in [0.25, 0.3) is 0 Å². The summed E-state index contributed by atoms with van der Waals surface area (Å²) in [5.74, 6) is -0.190. The molecular formula is C16H20ClN3O. The maximum atomic E-state index is 12.2. The molecular weight excluding hydrogens is 286 g/mol. The number of hydrogen-bond donors (Lipinski definition) is 2. The lowest BCUT2D eigenvalue weighted by Gasteiger charge is -2.18. The number of nitrogens with zero attached hydrogens (tertiary/aromatic N) is 1. The van der Waals surface area contributed by atoms with Gasteiger partial charge in [0.05, 0.1) is 6.04 Å². The van der Waals surface area contributed by atoms with E-state index >= 15 is 0 Å². The number of amides is 1. The molecule has 2 aromatic rings. The first-order valence-corrected chi connectivity index (χ1v) is 6.60. The third-order valence-corrected chi connectivity index (χ3v) is 3.26. The van der Waals surface area contributed by atoms with Crippen LogP contribution >= 0.6 is 12.4 Å². The van der Waals surface area contributed by atoms with Crippen molar-refractivity contribution in [2.24, 2.45) is 5.73 Å². The van der Waals surface area contributed by atoms with Gasteiger partial charge in [0, 0.05) is 12.4 Å². The summed E-state index contributed by atoms with van der Waals surface area (Å²) >= 11 is 0. The number of carbonyl (C=O) groups excluding carboxylic acids is 1. The predicted molar refractivity (Wildman–Crippen MR) is 86.2 cm³/mol. The summed E-state index contributed by atoms with van der Waals surface area (Å²) in [5.41, 5.74) is 8.90. The van der Waals surface area contributed by atoms with Crippen molar-refractivity contribution >= 4 is 18.3 Å². The summed E-state index contributed by atoms with van der Waals surface area (Å²) in [4.78, 5) is 16.2. The number of halogens is 1. The van der Waals surface area contributed by atoms with Crippen LogP contribution in [0.1, 0.15) is 35.7 Å². The number of nitrogens with two attached hydrogens (primary N) is 1. The molecule has 0 fully saturated rings. The van der Waals surface area contributed by atoms with E-state index in [-0.39, 0.29) is 24.4 Å². The van der Waals surface area contributed by atoms with Crippen molar-refractivity contribution in [1.82, 2.24) is 10.3 Å². The zero-order chi connectivity index (χ0) is 14.5. The number of benzene rings is 1. The molecule has 21 heavy (non-hydrogen) atoms. The van der Waals surface area contributed by atoms with Gasteiger partial charge in [0.25, 0.3) is 0 Å². The van der Waals surface area contributed by atoms with Crippen LogP contribution in [0.15, 0.2) is 48.8 Å². The number of rotatable bonds is 4. The van der Waals surface area contributed by atoms with Gasteiger partial charge in [-0.15, -0.1) is 12.4 Å². The smallest absolute Gasteiger partial charge is 0.241 e. The normalized spacial score (nSPS) is 12.9. The van der Waals surface area contributed by atoms with Crippen LogP contribution in [0.3, 0.4) is 0 Å². The minimum Gasteiger partial charge on any atom is -0.348 e. The standard InChI is InChI=1S/C16H19N3O.ClH/c1-11-5-7-13(8-6-11)15(17)16(20)19-12(2)14-4-3-9-18-10-14;/h3-10,12,15H,17H2,1-2H3,(H,19,20);1H. The first-order chi connectivity index (χ1) is 9.58. The van der Waals surface area contributed by atoms with E-state index in [0.717, 1.165) is 16.7 Å². The Labute approximate surface area is 131 Å². The third-order valence-electron chi connectivity index (χ3n) is 3.26. The molecule has 0 aliphatic rings. The molecule has 0 saturated carbocycles. The van der Waals surface area contributed by atoms with E-state index in [9.17, 15) is 4.79 Å². The Morgan fingerprint density at radius 1 is 1.19 bits per heavy atom. The van der Waals surface area contributed by atoms with Crippen LogP contribution in [-0.2, 0) is 4.79 Å². The number of aromatic nitrogens is 1. The van der Waals surface area contributed by atoms with Crippen molar-refractivity contribution < 1.29 is 4.79 Å². The van der Waals surface area contributed by atoms with Crippen molar-refractivity contribution in [2.75, 3.05) is 0 Å². The molecule has 2 rings (SSSR count). The molecule has 1 amide bonds. The summed E-state index contributed by atoms with van der Waals surface area (Å²) in [7, 11) is 0. The Morgan fingerprint density at radius 2 is 1.86 bits per heavy atom. The molecule has 0 aliphatic heterocycles. The minimum absolute atomic E-state index is 0. The van der Waals surface area contributed by atoms with Crippen LogP contribution < -0.4 is 11.1 Å². The van der Waals surface area contributed by atoms with Gasteiger partial charge < -0.3 is 11.1 Å². The Balaban J connectivity index is 0.00000220. The molecule has 0 bridgehead atoms. The summed E-state index contributed by atoms with van der Waals surface area (Å²) < 4.78 is 0. The van der Waals surface area contributed by atoms with Crippen molar-refractivity contribution in [1.29, 1.82) is 0 Å². The number of carbonyl (C=O) groups is 1. The molecule has 4 nitrogen and oxygen atoms in total. The largest absolute Gasteiger partial charge is 0.348 e. The molecule has 2 atom stereocenters. The molecule has 2 unspecified atom stereocenters. The van der Waals surface area contributed by atoms with E-state index in [4.69, 9.17) is 5.73 Å². The molecule has 3 N–H and O–H groups in total. The highest BCUT2D eigenvalue weighted by Gasteiger charge is 2.18. The van der Waals surface area contributed by atoms with Gasteiger partial charge in [-0.2, -0.15) is 0 Å². The van der Waals surface area contributed by atoms with E-state index < -0.39 is 6.04 Å². The lowest BCUT2D eigenvalue weighted by molar-refractivity contribution is -0.123. The van der Waals surface area contributed by atoms with Crippen molar-refractivity contribution in [3.8, 4) is 0 Å². The Morgan fingerprint density at radius 3 is 2.43 bits per heavy atom. The van der Waals surface area contributed by atoms with E-state index in [1.807, 2.05) is 50.2 Å². The highest BCUT2D eigenvalue weighted by Crippen LogP contribution is 2.15. The van der Waals surface area contributed by atoms with Crippen molar-refractivity contribution in [2.45, 2.75) is 25.9 Å². The van der Waals surface area contributed by atoms with Gasteiger partial charge in [0.1, 0.15) is 6.04 Å². The van der Waals surface area contributed by atoms with Gasteiger partial charge in [-0.3, -0.25) is 9.78 Å². The Bertz CT molecular complexity index is 572. The lowest BCUT2D eigenvalue weighted by Crippen LogP contribution is -2.35. The Kier molecular flexibility index (Phi) is 6.34. The monoisotopic (exact) mass is 305 g/mol. The molecule has 1 aromatic heterocycles. The van der Waals surface area contributed by atoms with E-state index in [1.54, 1.807) is 12.4 Å². The fraction of sp³-hybridized carbons (Fsp3) is 0.250. The fourth-order valence-electron chi connectivity index (χ4n) is 1.94.